The smallest absolute Gasteiger partial charge is 0.271 e. The fraction of sp³-hybridized carbons (Fsp3) is 0.0357. The number of hydrogen-bond donors (Lipinski definition) is 1. The third kappa shape index (κ3) is 3.05. The van der Waals surface area contributed by atoms with Crippen LogP contribution in [0.4, 0.5) is 0 Å². The second-order valence-corrected chi connectivity index (χ2v) is 7.62. The molecule has 0 aliphatic heterocycles. The molecule has 5 rings (SSSR count). The number of ketones is 1. The molecule has 32 heavy (non-hydrogen) atoms. The average molecular weight is 416 g/mol. The minimum Gasteiger partial charge on any atom is -0.291 e. The lowest BCUT2D eigenvalue weighted by Gasteiger charge is -2.29. The molecule has 0 saturated carbocycles. The van der Waals surface area contributed by atoms with Gasteiger partial charge in [-0.3, -0.25) is 9.59 Å². The van der Waals surface area contributed by atoms with Gasteiger partial charge in [-0.1, -0.05) is 103 Å². The summed E-state index contributed by atoms with van der Waals surface area (Å²) in [6, 6.07) is 35.9. The van der Waals surface area contributed by atoms with Crippen LogP contribution in [0.15, 0.2) is 120 Å². The molecular formula is C28H20N2O2. The van der Waals surface area contributed by atoms with E-state index in [0.29, 0.717) is 5.56 Å². The summed E-state index contributed by atoms with van der Waals surface area (Å²) < 4.78 is 0. The molecule has 4 nitrogen and oxygen atoms in total. The molecule has 1 aliphatic rings. The minimum atomic E-state index is -1.03. The molecule has 0 unspecified atom stereocenters. The van der Waals surface area contributed by atoms with Gasteiger partial charge < -0.3 is 0 Å². The van der Waals surface area contributed by atoms with Crippen LogP contribution in [0.2, 0.25) is 0 Å². The van der Waals surface area contributed by atoms with Crippen LogP contribution < -0.4 is 5.43 Å². The highest BCUT2D eigenvalue weighted by molar-refractivity contribution is 6.54. The van der Waals surface area contributed by atoms with Gasteiger partial charge in [-0.2, -0.15) is 5.10 Å². The van der Waals surface area contributed by atoms with Crippen LogP contribution in [-0.4, -0.2) is 17.4 Å². The number of nitrogens with one attached hydrogen (secondary N) is 1. The zero-order valence-corrected chi connectivity index (χ0v) is 17.2. The van der Waals surface area contributed by atoms with Crippen molar-refractivity contribution in [2.75, 3.05) is 0 Å². The highest BCUT2D eigenvalue weighted by Gasteiger charge is 2.52. The van der Waals surface area contributed by atoms with Crippen LogP contribution in [0.1, 0.15) is 32.6 Å². The Bertz CT molecular complexity index is 1270. The first-order chi connectivity index (χ1) is 15.7. The second-order valence-electron chi connectivity index (χ2n) is 7.62. The van der Waals surface area contributed by atoms with Crippen LogP contribution >= 0.6 is 0 Å². The Morgan fingerprint density at radius 2 is 1.16 bits per heavy atom. The molecule has 0 fully saturated rings. The Labute approximate surface area is 186 Å². The highest BCUT2D eigenvalue weighted by atomic mass is 16.2. The van der Waals surface area contributed by atoms with Crippen LogP contribution in [-0.2, 0) is 10.2 Å². The van der Waals surface area contributed by atoms with E-state index in [4.69, 9.17) is 0 Å². The Kier molecular flexibility index (Phi) is 4.96. The van der Waals surface area contributed by atoms with E-state index in [2.05, 4.69) is 10.5 Å². The van der Waals surface area contributed by atoms with Crippen molar-refractivity contribution in [2.45, 2.75) is 5.41 Å². The quantitative estimate of drug-likeness (QED) is 0.489. The zero-order valence-electron chi connectivity index (χ0n) is 17.2. The van der Waals surface area contributed by atoms with E-state index in [1.807, 2.05) is 91.0 Å². The minimum absolute atomic E-state index is 0.163. The third-order valence-electron chi connectivity index (χ3n) is 5.86. The lowest BCUT2D eigenvalue weighted by Crippen LogP contribution is -2.37. The van der Waals surface area contributed by atoms with E-state index < -0.39 is 5.41 Å². The maximum atomic E-state index is 14.2. The van der Waals surface area contributed by atoms with E-state index in [9.17, 15) is 9.59 Å². The standard InChI is InChI=1S/C28H20N2O2/c31-26-25(29-30-27(32)20-12-4-1-5-13-20)23-18-10-11-19-24(23)28(26,21-14-6-2-7-15-21)22-16-8-3-9-17-22/h1-19H,(H,30,32)/b29-25-. The maximum absolute atomic E-state index is 14.2. The maximum Gasteiger partial charge on any atom is 0.271 e. The van der Waals surface area contributed by atoms with Crippen molar-refractivity contribution in [3.63, 3.8) is 0 Å². The normalized spacial score (nSPS) is 15.4. The number of amides is 1. The number of hydrogen-bond acceptors (Lipinski definition) is 3. The monoisotopic (exact) mass is 416 g/mol. The SMILES string of the molecule is O=C(N/N=C1\C(=O)C(c2ccccc2)(c2ccccc2)c2ccccc21)c1ccccc1. The first-order valence-electron chi connectivity index (χ1n) is 10.4. The summed E-state index contributed by atoms with van der Waals surface area (Å²) in [7, 11) is 0. The molecular weight excluding hydrogens is 396 g/mol. The molecule has 1 amide bonds. The topological polar surface area (TPSA) is 58.5 Å². The van der Waals surface area contributed by atoms with Gasteiger partial charge in [0.2, 0.25) is 5.78 Å². The van der Waals surface area contributed by atoms with Crippen molar-refractivity contribution >= 4 is 17.4 Å². The van der Waals surface area contributed by atoms with Gasteiger partial charge >= 0.3 is 0 Å². The Morgan fingerprint density at radius 1 is 0.656 bits per heavy atom. The van der Waals surface area contributed by atoms with Gasteiger partial charge in [0.25, 0.3) is 5.91 Å². The molecule has 0 heterocycles. The van der Waals surface area contributed by atoms with E-state index in [1.54, 1.807) is 24.3 Å². The Hall–Kier alpha value is -4.31. The molecule has 4 heteroatoms. The number of nitrogens with zero attached hydrogens (tertiary/aromatic N) is 1. The third-order valence-corrected chi connectivity index (χ3v) is 5.86. The zero-order chi connectivity index (χ0) is 22.0. The average Bonchev–Trinajstić information content (AvgIpc) is 3.12. The molecule has 4 aromatic rings. The van der Waals surface area contributed by atoms with Crippen LogP contribution in [0.3, 0.4) is 0 Å². The van der Waals surface area contributed by atoms with Gasteiger partial charge in [0, 0.05) is 11.1 Å². The molecule has 0 bridgehead atoms. The fourth-order valence-electron chi connectivity index (χ4n) is 4.43. The van der Waals surface area contributed by atoms with Crippen LogP contribution in [0, 0.1) is 0 Å². The molecule has 4 aromatic carbocycles. The van der Waals surface area contributed by atoms with E-state index in [0.717, 1.165) is 22.3 Å². The Morgan fingerprint density at radius 3 is 1.75 bits per heavy atom. The van der Waals surface area contributed by atoms with E-state index >= 15 is 0 Å². The number of hydrazone groups is 1. The van der Waals surface area contributed by atoms with Crippen molar-refractivity contribution in [1.82, 2.24) is 5.43 Å². The summed E-state index contributed by atoms with van der Waals surface area (Å²) in [6.07, 6.45) is 0. The van der Waals surface area contributed by atoms with Crippen molar-refractivity contribution in [1.29, 1.82) is 0 Å². The summed E-state index contributed by atoms with van der Waals surface area (Å²) in [5.74, 6) is -0.523. The van der Waals surface area contributed by atoms with Crippen molar-refractivity contribution in [3.8, 4) is 0 Å². The van der Waals surface area contributed by atoms with Gasteiger partial charge in [-0.25, -0.2) is 5.43 Å². The summed E-state index contributed by atoms with van der Waals surface area (Å²) in [6.45, 7) is 0. The summed E-state index contributed by atoms with van der Waals surface area (Å²) in [5, 5.41) is 4.34. The van der Waals surface area contributed by atoms with Crippen molar-refractivity contribution < 1.29 is 9.59 Å². The fourth-order valence-corrected chi connectivity index (χ4v) is 4.43. The predicted octanol–water partition coefficient (Wildman–Crippen LogP) is 4.74. The highest BCUT2D eigenvalue weighted by Crippen LogP contribution is 2.46. The van der Waals surface area contributed by atoms with Gasteiger partial charge in [0.15, 0.2) is 0 Å². The molecule has 0 saturated heterocycles. The number of fused-ring (bicyclic) bond motifs is 1. The van der Waals surface area contributed by atoms with Crippen LogP contribution in [0.5, 0.6) is 0 Å². The lowest BCUT2D eigenvalue weighted by molar-refractivity contribution is -0.115. The second kappa shape index (κ2) is 8.08. The van der Waals surface area contributed by atoms with Crippen LogP contribution in [0.25, 0.3) is 0 Å². The molecule has 1 N–H and O–H groups in total. The van der Waals surface area contributed by atoms with Gasteiger partial charge in [-0.05, 0) is 28.8 Å². The van der Waals surface area contributed by atoms with Gasteiger partial charge in [0.05, 0.1) is 0 Å². The summed E-state index contributed by atoms with van der Waals surface area (Å²) in [4.78, 5) is 26.7. The van der Waals surface area contributed by atoms with E-state index in [1.165, 1.54) is 0 Å². The lowest BCUT2D eigenvalue weighted by atomic mass is 9.69. The largest absolute Gasteiger partial charge is 0.291 e. The molecule has 154 valence electrons. The number of carbonyl (C=O) groups is 2. The predicted molar refractivity (Wildman–Crippen MR) is 125 cm³/mol. The molecule has 0 aromatic heterocycles. The number of benzene rings is 4. The van der Waals surface area contributed by atoms with Crippen molar-refractivity contribution in [3.05, 3.63) is 143 Å². The first kappa shape index (κ1) is 19.6. The van der Waals surface area contributed by atoms with E-state index in [-0.39, 0.29) is 17.4 Å². The summed E-state index contributed by atoms with van der Waals surface area (Å²) in [5.41, 5.74) is 5.58. The van der Waals surface area contributed by atoms with Gasteiger partial charge in [-0.15, -0.1) is 0 Å². The molecule has 0 atom stereocenters. The Balaban J connectivity index is 1.68. The van der Waals surface area contributed by atoms with Crippen molar-refractivity contribution in [2.24, 2.45) is 5.10 Å². The molecule has 0 spiro atoms. The van der Waals surface area contributed by atoms with Gasteiger partial charge in [0.1, 0.15) is 11.1 Å². The number of Topliss-reactive ketones (excluding diaryl/α,β-unsaturated/α-hetero) is 1. The summed E-state index contributed by atoms with van der Waals surface area (Å²) >= 11 is 0. The molecule has 0 radical (unpaired) electrons. The first-order valence-corrected chi connectivity index (χ1v) is 10.4. The number of carbonyl (C=O) groups excluding carboxylic acids is 2. The molecule has 1 aliphatic carbocycles. The number of rotatable bonds is 4.